The van der Waals surface area contributed by atoms with E-state index in [1.54, 1.807) is 88.9 Å². The van der Waals surface area contributed by atoms with Gasteiger partial charge in [-0.15, -0.1) is 0 Å². The molecule has 0 unspecified atom stereocenters. The van der Waals surface area contributed by atoms with Crippen LogP contribution < -0.4 is 86.3 Å². The molecule has 4 bridgehead atoms. The summed E-state index contributed by atoms with van der Waals surface area (Å²) >= 11 is 2.82. The Balaban J connectivity index is 1.23. The van der Waals surface area contributed by atoms with Crippen LogP contribution in [0.1, 0.15) is 108 Å². The Morgan fingerprint density at radius 1 is 0.519 bits per heavy atom. The molecule has 3 saturated heterocycles. The van der Waals surface area contributed by atoms with Crippen molar-refractivity contribution in [2.24, 2.45) is 23.1 Å². The van der Waals surface area contributed by atoms with E-state index in [9.17, 15) is 81.4 Å². The summed E-state index contributed by atoms with van der Waals surface area (Å²) in [5.41, 5.74) is 19.4. The van der Waals surface area contributed by atoms with Crippen LogP contribution in [0.4, 0.5) is 4.39 Å². The molecule has 0 radical (unpaired) electrons. The van der Waals surface area contributed by atoms with Gasteiger partial charge in [0.05, 0.1) is 33.0 Å². The second-order valence-electron chi connectivity index (χ2n) is 32.3. The van der Waals surface area contributed by atoms with Crippen LogP contribution >= 0.6 is 35.3 Å². The number of para-hydroxylation sites is 2. The molecule has 18 amide bonds. The van der Waals surface area contributed by atoms with Gasteiger partial charge in [-0.2, -0.15) is 35.3 Å². The molecule has 5 aromatic rings. The average Bonchev–Trinajstić information content (AvgIpc) is 1.76. The Morgan fingerprint density at radius 2 is 0.954 bits per heavy atom. The number of carboxylic acid groups (broad SMARTS) is 1. The fraction of sp³-hybridized carbons (Fsp3) is 0.500. The van der Waals surface area contributed by atoms with Crippen molar-refractivity contribution in [3.05, 3.63) is 108 Å². The molecule has 11 atom stereocenters. The number of rotatable bonds is 22. The largest absolute Gasteiger partial charge is 0.481 e. The van der Waals surface area contributed by atoms with E-state index in [1.807, 2.05) is 0 Å². The summed E-state index contributed by atoms with van der Waals surface area (Å²) in [5.74, 6) is -22.0. The molecule has 8 rings (SSSR count). The summed E-state index contributed by atoms with van der Waals surface area (Å²) in [5, 5.41) is 53.4. The van der Waals surface area contributed by atoms with E-state index in [1.165, 1.54) is 31.7 Å². The minimum absolute atomic E-state index is 0.0312. The fourth-order valence-electron chi connectivity index (χ4n) is 14.2. The van der Waals surface area contributed by atoms with Crippen LogP contribution in [0.15, 0.2) is 85.2 Å². The van der Waals surface area contributed by atoms with E-state index in [2.05, 4.69) is 79.1 Å². The van der Waals surface area contributed by atoms with Crippen LogP contribution in [0.5, 0.6) is 0 Å². The van der Waals surface area contributed by atoms with E-state index in [4.69, 9.17) is 22.6 Å². The van der Waals surface area contributed by atoms with Crippen molar-refractivity contribution in [2.45, 2.75) is 177 Å². The highest BCUT2D eigenvalue weighted by molar-refractivity contribution is 7.99. The third-order valence-electron chi connectivity index (χ3n) is 21.2. The zero-order valence-electron chi connectivity index (χ0n) is 73.0. The van der Waals surface area contributed by atoms with E-state index in [0.29, 0.717) is 38.5 Å². The number of carbonyl (C=O) groups excluding carboxylic acids is 18. The lowest BCUT2D eigenvalue weighted by Gasteiger charge is -2.42. The Labute approximate surface area is 765 Å². The number of fused-ring (bicyclic) bond motifs is 9. The SMILES string of the molecule is CC(=O)N[C@H]1CSCCC(=O)N2CN3CN(C2)C(=O)CCSC[C@H](NC(=O)[C@H](CC(=O)O)NC(=O)[C@H](CCC(N)=O)NC(=O)[C@H](CC(C)C)NC(=O)[C@H](Cc2c[nH]c4ccccc24)NC(=O)[C@H](CCC(N)=O)NC1=O)C(=O)N[C@@H](Cc1c[nH]c2ccccc12)C(=O)N[C@@H](CCCNC(=N)N(C)C)C(=O)NCC(=O)N[C@@H](Cc1ccc(F)cc1)C(=O)N[C@H](C(N)=O)CSCCC3=O. The number of carboxylic acids is 1. The van der Waals surface area contributed by atoms with Gasteiger partial charge in [-0.1, -0.05) is 62.4 Å². The number of nitrogens with one attached hydrogen (secondary N) is 16. The second kappa shape index (κ2) is 50.8. The quantitative estimate of drug-likeness (QED) is 0.0181. The van der Waals surface area contributed by atoms with Crippen LogP contribution in [-0.4, -0.2) is 301 Å². The number of halogens is 1. The number of hydrogen-bond donors (Lipinski definition) is 20. The molecule has 2 aromatic heterocycles. The van der Waals surface area contributed by atoms with Crippen LogP contribution in [0, 0.1) is 17.1 Å². The molecule has 131 heavy (non-hydrogen) atoms. The van der Waals surface area contributed by atoms with Gasteiger partial charge in [-0.05, 0) is 79.0 Å². The molecular formula is C84H114FN23O20S3. The van der Waals surface area contributed by atoms with Gasteiger partial charge in [0.15, 0.2) is 5.96 Å². The molecule has 47 heteroatoms. The number of nitrogens with zero attached hydrogens (tertiary/aromatic N) is 4. The number of aromatic amines is 2. The third kappa shape index (κ3) is 33.1. The molecular weight excluding hydrogens is 1770 g/mol. The number of aromatic nitrogens is 2. The molecule has 43 nitrogen and oxygen atoms in total. The first-order valence-corrected chi connectivity index (χ1v) is 45.8. The van der Waals surface area contributed by atoms with Crippen LogP contribution in [0.25, 0.3) is 21.8 Å². The first kappa shape index (κ1) is 103. The number of guanidine groups is 1. The Kier molecular flexibility index (Phi) is 40.0. The van der Waals surface area contributed by atoms with E-state index < -0.39 is 261 Å². The molecule has 0 saturated carbocycles. The van der Waals surface area contributed by atoms with Gasteiger partial charge in [0.25, 0.3) is 0 Å². The summed E-state index contributed by atoms with van der Waals surface area (Å²) in [6.45, 7) is 2.34. The predicted molar refractivity (Wildman–Crippen MR) is 481 cm³/mol. The van der Waals surface area contributed by atoms with Crippen molar-refractivity contribution in [1.82, 2.24) is 98.7 Å². The number of primary amides is 3. The van der Waals surface area contributed by atoms with Crippen molar-refractivity contribution >= 4 is 175 Å². The molecule has 5 heterocycles. The van der Waals surface area contributed by atoms with E-state index in [-0.39, 0.29) is 92.6 Å². The van der Waals surface area contributed by atoms with Crippen molar-refractivity contribution in [3.63, 3.8) is 0 Å². The molecule has 3 aliphatic heterocycles. The van der Waals surface area contributed by atoms with Gasteiger partial charge in [0.2, 0.25) is 106 Å². The lowest BCUT2D eigenvalue weighted by Crippen LogP contribution is -2.61. The smallest absolute Gasteiger partial charge is 0.305 e. The van der Waals surface area contributed by atoms with Crippen molar-refractivity contribution < 1.29 is 101 Å². The molecule has 710 valence electrons. The van der Waals surface area contributed by atoms with Crippen molar-refractivity contribution in [2.75, 3.05) is 81.7 Å². The number of carbonyl (C=O) groups is 19. The van der Waals surface area contributed by atoms with Gasteiger partial charge in [0.1, 0.15) is 72.3 Å². The van der Waals surface area contributed by atoms with Crippen molar-refractivity contribution in [3.8, 4) is 0 Å². The molecule has 0 spiro atoms. The number of aliphatic carboxylic acids is 1. The van der Waals surface area contributed by atoms with Gasteiger partial charge < -0.3 is 121 Å². The molecule has 0 aliphatic carbocycles. The highest BCUT2D eigenvalue weighted by atomic mass is 32.2. The molecule has 3 fully saturated rings. The lowest BCUT2D eigenvalue weighted by atomic mass is 9.99. The monoisotopic (exact) mass is 1880 g/mol. The first-order chi connectivity index (χ1) is 62.3. The second-order valence-corrected chi connectivity index (χ2v) is 35.7. The summed E-state index contributed by atoms with van der Waals surface area (Å²) in [7, 11) is 3.19. The van der Waals surface area contributed by atoms with Crippen molar-refractivity contribution in [1.29, 1.82) is 5.41 Å². The average molecular weight is 1880 g/mol. The van der Waals surface area contributed by atoms with Gasteiger partial charge in [-0.25, -0.2) is 4.39 Å². The predicted octanol–water partition coefficient (Wildman–Crippen LogP) is -3.54. The van der Waals surface area contributed by atoms with Crippen LogP contribution in [-0.2, 0) is 110 Å². The molecule has 3 aromatic carbocycles. The third-order valence-corrected chi connectivity index (χ3v) is 24.4. The normalized spacial score (nSPS) is 23.0. The summed E-state index contributed by atoms with van der Waals surface area (Å²) in [4.78, 5) is 283. The zero-order chi connectivity index (χ0) is 95.7. The fourth-order valence-corrected chi connectivity index (χ4v) is 17.1. The lowest BCUT2D eigenvalue weighted by molar-refractivity contribution is -0.158. The van der Waals surface area contributed by atoms with Gasteiger partial charge in [0, 0.05) is 148 Å². The van der Waals surface area contributed by atoms with Crippen LogP contribution in [0.2, 0.25) is 0 Å². The van der Waals surface area contributed by atoms with Gasteiger partial charge in [-0.3, -0.25) is 96.5 Å². The number of H-pyrrole nitrogens is 2. The number of amides is 18. The maximum absolute atomic E-state index is 15.6. The maximum Gasteiger partial charge on any atom is 0.305 e. The number of benzene rings is 3. The molecule has 3 aliphatic rings. The Hall–Kier alpha value is -13.1. The summed E-state index contributed by atoms with van der Waals surface area (Å²) < 4.78 is 14.3. The van der Waals surface area contributed by atoms with Gasteiger partial charge >= 0.3 is 5.97 Å². The van der Waals surface area contributed by atoms with E-state index >= 15 is 19.2 Å². The Morgan fingerprint density at radius 3 is 1.45 bits per heavy atom. The maximum atomic E-state index is 15.6. The number of thioether (sulfide) groups is 3. The highest BCUT2D eigenvalue weighted by Gasteiger charge is 2.40. The minimum atomic E-state index is -2.19. The summed E-state index contributed by atoms with van der Waals surface area (Å²) in [6, 6.07) is -0.179. The zero-order valence-corrected chi connectivity index (χ0v) is 75.5. The number of hydrogen-bond acceptors (Lipinski definition) is 23. The van der Waals surface area contributed by atoms with E-state index in [0.717, 1.165) is 54.3 Å². The Bertz CT molecular complexity index is 5000. The topological polar surface area (TPSA) is 647 Å². The highest BCUT2D eigenvalue weighted by Crippen LogP contribution is 2.24. The number of nitrogens with two attached hydrogens (primary N) is 3. The molecule has 23 N–H and O–H groups in total. The summed E-state index contributed by atoms with van der Waals surface area (Å²) in [6.07, 6.45) is -2.92. The van der Waals surface area contributed by atoms with Crippen LogP contribution in [0.3, 0.4) is 0 Å². The minimum Gasteiger partial charge on any atom is -0.481 e. The standard InChI is InChI=1S/C84H114FN23O20S3/c1-45(2)31-58-77(122)97-56(20-22-66(86)110)76(121)102-62(35-72(116)117)81(126)104-65-41-131-30-26-71(115)108-43-106(42-107(44-108)70(114)25-29-130-40-64(94-46(3)109)82(127)98-57(21-23-67(87)111)75(120)100-61(80(125)99-58)34-49-37-92-54-14-9-7-12-52(49)54)69(113)24-28-129-39-63(73(88)118)103-78(123)59(32-47-16-18-50(85)19-17-47)95-68(112)38-93-74(119)55(15-10-27-90-84(89)105(4)5)96-79(124)60(101-83(65)128)33-48-36-91-53-13-8-6-11-51(48)53/h6-9,11-14,16-19,36-37,45,55-65,91-92H,10,15,20-35,38-44H2,1-5H3,(H2,86,110)(H2,87,111)(H2,88,118)(H2,89,90)(H,93,119)(H,94,109)(H,95,112)(H,96,124)(H,97,122)(H,98,127)(H,99,125)(H,100,120)(H,101,128)(H,102,121)(H,103,123)(H,104,126)(H,116,117)/t55-,56-,57-,58-,59-,60-,61-,62-,63-,64-,65-/m0/s1. The first-order valence-electron chi connectivity index (χ1n) is 42.4.